The third kappa shape index (κ3) is 1.66. The maximum Gasteiger partial charge on any atom is 0.123 e. The highest BCUT2D eigenvalue weighted by Crippen LogP contribution is 2.63. The van der Waals surface area contributed by atoms with Crippen molar-refractivity contribution in [3.8, 4) is 11.5 Å². The Labute approximate surface area is 113 Å². The van der Waals surface area contributed by atoms with Crippen molar-refractivity contribution in [1.29, 1.82) is 0 Å². The van der Waals surface area contributed by atoms with Gasteiger partial charge in [0.15, 0.2) is 0 Å². The van der Waals surface area contributed by atoms with Crippen LogP contribution in [0.4, 0.5) is 0 Å². The first-order valence-corrected chi connectivity index (χ1v) is 6.72. The van der Waals surface area contributed by atoms with Crippen LogP contribution in [-0.2, 0) is 10.2 Å². The van der Waals surface area contributed by atoms with E-state index in [9.17, 15) is 0 Å². The first-order chi connectivity index (χ1) is 9.21. The smallest absolute Gasteiger partial charge is 0.123 e. The lowest BCUT2D eigenvalue weighted by atomic mass is 9.65. The minimum Gasteiger partial charge on any atom is -0.497 e. The van der Waals surface area contributed by atoms with E-state index in [1.165, 1.54) is 18.4 Å². The van der Waals surface area contributed by atoms with E-state index in [0.29, 0.717) is 6.54 Å². The van der Waals surface area contributed by atoms with Crippen molar-refractivity contribution in [2.24, 2.45) is 11.1 Å². The average molecular weight is 263 g/mol. The Morgan fingerprint density at radius 2 is 1.95 bits per heavy atom. The molecule has 3 rings (SSSR count). The Bertz CT molecular complexity index is 478. The van der Waals surface area contributed by atoms with Crippen molar-refractivity contribution < 1.29 is 14.2 Å². The summed E-state index contributed by atoms with van der Waals surface area (Å²) in [4.78, 5) is 0. The second-order valence-electron chi connectivity index (χ2n) is 5.63. The van der Waals surface area contributed by atoms with Crippen LogP contribution in [0.25, 0.3) is 0 Å². The highest BCUT2D eigenvalue weighted by molar-refractivity contribution is 5.49. The lowest BCUT2D eigenvalue weighted by Crippen LogP contribution is -2.56. The number of nitrogens with two attached hydrogens (primary N) is 1. The van der Waals surface area contributed by atoms with Crippen LogP contribution < -0.4 is 15.2 Å². The zero-order chi connectivity index (χ0) is 13.5. The lowest BCUT2D eigenvalue weighted by Gasteiger charge is -2.48. The van der Waals surface area contributed by atoms with Crippen molar-refractivity contribution in [2.45, 2.75) is 18.3 Å². The Hall–Kier alpha value is -1.26. The molecule has 0 bridgehead atoms. The van der Waals surface area contributed by atoms with Gasteiger partial charge in [-0.3, -0.25) is 0 Å². The van der Waals surface area contributed by atoms with Crippen molar-refractivity contribution >= 4 is 0 Å². The van der Waals surface area contributed by atoms with E-state index in [1.54, 1.807) is 14.2 Å². The maximum absolute atomic E-state index is 6.04. The molecule has 0 unspecified atom stereocenters. The summed E-state index contributed by atoms with van der Waals surface area (Å²) in [6.07, 6.45) is 2.35. The molecule has 1 aromatic rings. The quantitative estimate of drug-likeness (QED) is 0.878. The molecule has 19 heavy (non-hydrogen) atoms. The van der Waals surface area contributed by atoms with Gasteiger partial charge in [0.2, 0.25) is 0 Å². The van der Waals surface area contributed by atoms with Crippen LogP contribution in [-0.4, -0.2) is 34.0 Å². The Kier molecular flexibility index (Phi) is 2.95. The predicted octanol–water partition coefficient (Wildman–Crippen LogP) is 1.71. The summed E-state index contributed by atoms with van der Waals surface area (Å²) in [6.45, 7) is 2.16. The van der Waals surface area contributed by atoms with Crippen molar-refractivity contribution in [2.75, 3.05) is 34.0 Å². The number of methoxy groups -OCH3 is 2. The van der Waals surface area contributed by atoms with Crippen LogP contribution in [0, 0.1) is 5.41 Å². The lowest BCUT2D eigenvalue weighted by molar-refractivity contribution is -0.0981. The van der Waals surface area contributed by atoms with Gasteiger partial charge in [0.1, 0.15) is 11.5 Å². The van der Waals surface area contributed by atoms with E-state index in [2.05, 4.69) is 6.07 Å². The highest BCUT2D eigenvalue weighted by Gasteiger charge is 2.63. The molecule has 1 aliphatic heterocycles. The number of ether oxygens (including phenoxy) is 3. The molecule has 4 heteroatoms. The monoisotopic (exact) mass is 263 g/mol. The second-order valence-corrected chi connectivity index (χ2v) is 5.63. The standard InChI is InChI=1S/C15H21NO3/c1-17-11-3-4-13(18-2)12(7-11)15(9-19-10-15)14(8-16)5-6-14/h3-4,7H,5-6,8-10,16H2,1-2H3. The molecule has 1 aliphatic carbocycles. The molecule has 0 spiro atoms. The SMILES string of the molecule is COc1ccc(OC)c(C2(C3(CN)CC3)COC2)c1. The van der Waals surface area contributed by atoms with Crippen LogP contribution in [0.5, 0.6) is 11.5 Å². The molecule has 1 saturated carbocycles. The summed E-state index contributed by atoms with van der Waals surface area (Å²) in [5.41, 5.74) is 7.41. The number of hydrogen-bond donors (Lipinski definition) is 1. The minimum absolute atomic E-state index is 0.00162. The maximum atomic E-state index is 6.04. The zero-order valence-electron chi connectivity index (χ0n) is 11.6. The molecule has 2 aliphatic rings. The van der Waals surface area contributed by atoms with Gasteiger partial charge in [0, 0.05) is 5.56 Å². The first-order valence-electron chi connectivity index (χ1n) is 6.72. The zero-order valence-corrected chi connectivity index (χ0v) is 11.6. The fourth-order valence-corrected chi connectivity index (χ4v) is 3.27. The van der Waals surface area contributed by atoms with Gasteiger partial charge in [-0.1, -0.05) is 0 Å². The van der Waals surface area contributed by atoms with E-state index in [0.717, 1.165) is 24.7 Å². The molecule has 0 radical (unpaired) electrons. The van der Waals surface area contributed by atoms with Crippen LogP contribution in [0.2, 0.25) is 0 Å². The molecule has 0 atom stereocenters. The molecule has 4 nitrogen and oxygen atoms in total. The van der Waals surface area contributed by atoms with E-state index >= 15 is 0 Å². The Morgan fingerprint density at radius 3 is 2.37 bits per heavy atom. The topological polar surface area (TPSA) is 53.7 Å². The molecule has 0 aromatic heterocycles. The molecule has 2 fully saturated rings. The van der Waals surface area contributed by atoms with Crippen molar-refractivity contribution in [1.82, 2.24) is 0 Å². The van der Waals surface area contributed by atoms with Gasteiger partial charge < -0.3 is 19.9 Å². The fourth-order valence-electron chi connectivity index (χ4n) is 3.27. The first kappa shape index (κ1) is 12.8. The predicted molar refractivity (Wildman–Crippen MR) is 72.8 cm³/mol. The molecule has 1 saturated heterocycles. The normalized spacial score (nSPS) is 22.5. The Morgan fingerprint density at radius 1 is 1.21 bits per heavy atom. The van der Waals surface area contributed by atoms with Gasteiger partial charge in [0.25, 0.3) is 0 Å². The molecule has 104 valence electrons. The van der Waals surface area contributed by atoms with Crippen LogP contribution in [0.15, 0.2) is 18.2 Å². The minimum atomic E-state index is 0.00162. The number of rotatable bonds is 5. The highest BCUT2D eigenvalue weighted by atomic mass is 16.5. The van der Waals surface area contributed by atoms with Crippen LogP contribution in [0.3, 0.4) is 0 Å². The second kappa shape index (κ2) is 4.39. The third-order valence-electron chi connectivity index (χ3n) is 4.88. The largest absolute Gasteiger partial charge is 0.497 e. The van der Waals surface area contributed by atoms with Gasteiger partial charge in [-0.25, -0.2) is 0 Å². The van der Waals surface area contributed by atoms with Crippen molar-refractivity contribution in [3.05, 3.63) is 23.8 Å². The third-order valence-corrected chi connectivity index (χ3v) is 4.88. The number of hydrogen-bond acceptors (Lipinski definition) is 4. The molecule has 1 heterocycles. The van der Waals surface area contributed by atoms with E-state index in [-0.39, 0.29) is 10.8 Å². The average Bonchev–Trinajstić information content (AvgIpc) is 3.18. The van der Waals surface area contributed by atoms with Crippen LogP contribution >= 0.6 is 0 Å². The molecular formula is C15H21NO3. The Balaban J connectivity index is 2.08. The summed E-state index contributed by atoms with van der Waals surface area (Å²) in [5, 5.41) is 0. The van der Waals surface area contributed by atoms with Gasteiger partial charge in [-0.2, -0.15) is 0 Å². The number of benzene rings is 1. The van der Waals surface area contributed by atoms with E-state index in [1.807, 2.05) is 12.1 Å². The van der Waals surface area contributed by atoms with E-state index < -0.39 is 0 Å². The van der Waals surface area contributed by atoms with Gasteiger partial charge in [-0.05, 0) is 43.0 Å². The van der Waals surface area contributed by atoms with Crippen molar-refractivity contribution in [3.63, 3.8) is 0 Å². The molecular weight excluding hydrogens is 242 g/mol. The molecule has 1 aromatic carbocycles. The summed E-state index contributed by atoms with van der Waals surface area (Å²) in [5.74, 6) is 1.76. The van der Waals surface area contributed by atoms with Crippen LogP contribution in [0.1, 0.15) is 18.4 Å². The van der Waals surface area contributed by atoms with Gasteiger partial charge in [-0.15, -0.1) is 0 Å². The van der Waals surface area contributed by atoms with Gasteiger partial charge >= 0.3 is 0 Å². The molecule has 2 N–H and O–H groups in total. The van der Waals surface area contributed by atoms with Gasteiger partial charge in [0.05, 0.1) is 32.8 Å². The molecule has 0 amide bonds. The summed E-state index contributed by atoms with van der Waals surface area (Å²) in [7, 11) is 3.39. The summed E-state index contributed by atoms with van der Waals surface area (Å²) >= 11 is 0. The fraction of sp³-hybridized carbons (Fsp3) is 0.600. The summed E-state index contributed by atoms with van der Waals surface area (Å²) in [6, 6.07) is 5.98. The summed E-state index contributed by atoms with van der Waals surface area (Å²) < 4.78 is 16.4. The van der Waals surface area contributed by atoms with E-state index in [4.69, 9.17) is 19.9 Å².